The molecule has 29 heavy (non-hydrogen) atoms. The summed E-state index contributed by atoms with van der Waals surface area (Å²) in [6.07, 6.45) is -2.29. The number of halogens is 3. The molecule has 148 valence electrons. The lowest BCUT2D eigenvalue weighted by molar-refractivity contribution is -0.136. The van der Waals surface area contributed by atoms with E-state index >= 15 is 0 Å². The minimum Gasteiger partial charge on any atom is -0.340 e. The maximum Gasteiger partial charge on any atom is 0.418 e. The zero-order valence-corrected chi connectivity index (χ0v) is 15.4. The highest BCUT2D eigenvalue weighted by molar-refractivity contribution is 5.95. The Morgan fingerprint density at radius 3 is 2.52 bits per heavy atom. The molecular weight excluding hydrogens is 379 g/mol. The smallest absolute Gasteiger partial charge is 0.340 e. The van der Waals surface area contributed by atoms with E-state index in [9.17, 15) is 18.0 Å². The second kappa shape index (κ2) is 7.58. The molecule has 0 saturated heterocycles. The van der Waals surface area contributed by atoms with E-state index in [2.05, 4.69) is 16.4 Å². The van der Waals surface area contributed by atoms with Crippen molar-refractivity contribution in [3.8, 4) is 0 Å². The first-order valence-electron chi connectivity index (χ1n) is 9.17. The highest BCUT2D eigenvalue weighted by Crippen LogP contribution is 2.35. The first-order chi connectivity index (χ1) is 13.9. The maximum atomic E-state index is 13.2. The van der Waals surface area contributed by atoms with Crippen LogP contribution >= 0.6 is 0 Å². The largest absolute Gasteiger partial charge is 0.418 e. The number of aromatic nitrogens is 1. The number of hydrogen-bond acceptors (Lipinski definition) is 3. The van der Waals surface area contributed by atoms with Gasteiger partial charge >= 0.3 is 6.18 Å². The lowest BCUT2D eigenvalue weighted by Crippen LogP contribution is -2.35. The number of carbonyl (C=O) groups excluding carboxylic acids is 1. The summed E-state index contributed by atoms with van der Waals surface area (Å²) < 4.78 is 39.6. The number of anilines is 2. The third kappa shape index (κ3) is 4.08. The molecule has 1 aromatic heterocycles. The predicted molar refractivity (Wildman–Crippen MR) is 104 cm³/mol. The molecule has 4 nitrogen and oxygen atoms in total. The molecule has 0 aliphatic carbocycles. The SMILES string of the molecule is O=C(c1ccnc(Nc2ccccc2C(F)(F)F)c1)N1CCc2ccccc2C1. The third-order valence-electron chi connectivity index (χ3n) is 4.92. The van der Waals surface area contributed by atoms with E-state index in [4.69, 9.17) is 0 Å². The Bertz CT molecular complexity index is 1050. The Morgan fingerprint density at radius 1 is 1.00 bits per heavy atom. The van der Waals surface area contributed by atoms with Gasteiger partial charge in [0.2, 0.25) is 0 Å². The van der Waals surface area contributed by atoms with Gasteiger partial charge in [-0.05, 0) is 41.8 Å². The second-order valence-corrected chi connectivity index (χ2v) is 6.84. The van der Waals surface area contributed by atoms with Crippen molar-refractivity contribution >= 4 is 17.4 Å². The number of para-hydroxylation sites is 1. The van der Waals surface area contributed by atoms with Crippen LogP contribution in [0.3, 0.4) is 0 Å². The molecule has 0 saturated carbocycles. The number of fused-ring (bicyclic) bond motifs is 1. The van der Waals surface area contributed by atoms with E-state index < -0.39 is 11.7 Å². The molecule has 0 atom stereocenters. The summed E-state index contributed by atoms with van der Waals surface area (Å²) in [6.45, 7) is 1.11. The summed E-state index contributed by atoms with van der Waals surface area (Å²) in [4.78, 5) is 18.7. The number of benzene rings is 2. The molecule has 0 bridgehead atoms. The quantitative estimate of drug-likeness (QED) is 0.673. The number of nitrogens with one attached hydrogen (secondary N) is 1. The Kier molecular flexibility index (Phi) is 4.96. The van der Waals surface area contributed by atoms with Crippen LogP contribution in [0.15, 0.2) is 66.9 Å². The normalized spacial score (nSPS) is 13.7. The van der Waals surface area contributed by atoms with E-state index in [0.717, 1.165) is 18.1 Å². The van der Waals surface area contributed by atoms with Crippen molar-refractivity contribution in [2.45, 2.75) is 19.1 Å². The lowest BCUT2D eigenvalue weighted by Gasteiger charge is -2.29. The van der Waals surface area contributed by atoms with Crippen molar-refractivity contribution in [3.05, 3.63) is 89.1 Å². The minimum atomic E-state index is -4.49. The predicted octanol–water partition coefficient (Wildman–Crippen LogP) is 5.04. The van der Waals surface area contributed by atoms with Gasteiger partial charge in [-0.25, -0.2) is 4.98 Å². The zero-order chi connectivity index (χ0) is 20.4. The van der Waals surface area contributed by atoms with Crippen molar-refractivity contribution in [1.29, 1.82) is 0 Å². The Balaban J connectivity index is 1.55. The molecule has 0 radical (unpaired) electrons. The van der Waals surface area contributed by atoms with Crippen molar-refractivity contribution < 1.29 is 18.0 Å². The fraction of sp³-hybridized carbons (Fsp3) is 0.182. The first-order valence-corrected chi connectivity index (χ1v) is 9.17. The summed E-state index contributed by atoms with van der Waals surface area (Å²) in [7, 11) is 0. The van der Waals surface area contributed by atoms with E-state index in [0.29, 0.717) is 18.7 Å². The van der Waals surface area contributed by atoms with Crippen LogP contribution in [0.1, 0.15) is 27.0 Å². The standard InChI is InChI=1S/C22H18F3N3O/c23-22(24,25)18-7-3-4-8-19(18)27-20-13-16(9-11-26-20)21(29)28-12-10-15-5-1-2-6-17(15)14-28/h1-9,11,13H,10,12,14H2,(H,26,27). The highest BCUT2D eigenvalue weighted by atomic mass is 19.4. The van der Waals surface area contributed by atoms with Gasteiger partial charge in [0, 0.05) is 24.8 Å². The van der Waals surface area contributed by atoms with Crippen LogP contribution < -0.4 is 5.32 Å². The maximum absolute atomic E-state index is 13.2. The van der Waals surface area contributed by atoms with Crippen LogP contribution in [0, 0.1) is 0 Å². The molecule has 1 aliphatic heterocycles. The fourth-order valence-electron chi connectivity index (χ4n) is 3.46. The number of rotatable bonds is 3. The molecule has 2 heterocycles. The Morgan fingerprint density at radius 2 is 1.72 bits per heavy atom. The summed E-state index contributed by atoms with van der Waals surface area (Å²) in [5.74, 6) is 0.0130. The number of hydrogen-bond donors (Lipinski definition) is 1. The Hall–Kier alpha value is -3.35. The molecule has 0 spiro atoms. The van der Waals surface area contributed by atoms with Crippen molar-refractivity contribution in [3.63, 3.8) is 0 Å². The number of carbonyl (C=O) groups is 1. The summed E-state index contributed by atoms with van der Waals surface area (Å²) in [5.41, 5.74) is 1.83. The van der Waals surface area contributed by atoms with Crippen molar-refractivity contribution in [1.82, 2.24) is 9.88 Å². The van der Waals surface area contributed by atoms with Gasteiger partial charge in [-0.15, -0.1) is 0 Å². The van der Waals surface area contributed by atoms with Gasteiger partial charge < -0.3 is 10.2 Å². The van der Waals surface area contributed by atoms with E-state index in [-0.39, 0.29) is 17.4 Å². The number of pyridine rings is 1. The summed E-state index contributed by atoms with van der Waals surface area (Å²) >= 11 is 0. The van der Waals surface area contributed by atoms with Gasteiger partial charge in [0.05, 0.1) is 11.3 Å². The molecule has 0 fully saturated rings. The molecule has 1 amide bonds. The van der Waals surface area contributed by atoms with Gasteiger partial charge in [-0.1, -0.05) is 36.4 Å². The van der Waals surface area contributed by atoms with Gasteiger partial charge in [0.25, 0.3) is 5.91 Å². The second-order valence-electron chi connectivity index (χ2n) is 6.84. The summed E-state index contributed by atoms with van der Waals surface area (Å²) in [5, 5.41) is 2.69. The topological polar surface area (TPSA) is 45.2 Å². The first kappa shape index (κ1) is 19.0. The van der Waals surface area contributed by atoms with Gasteiger partial charge in [0.1, 0.15) is 5.82 Å². The average Bonchev–Trinajstić information content (AvgIpc) is 2.73. The summed E-state index contributed by atoms with van der Waals surface area (Å²) in [6, 6.07) is 16.2. The molecule has 7 heteroatoms. The molecule has 4 rings (SSSR count). The van der Waals surface area contributed by atoms with E-state index in [1.807, 2.05) is 18.2 Å². The molecule has 1 N–H and O–H groups in total. The molecule has 0 unspecified atom stereocenters. The van der Waals surface area contributed by atoms with Crippen LogP contribution in [0.4, 0.5) is 24.7 Å². The van der Waals surface area contributed by atoms with Crippen molar-refractivity contribution in [2.24, 2.45) is 0 Å². The number of alkyl halides is 3. The minimum absolute atomic E-state index is 0.107. The Labute approximate surface area is 166 Å². The molecular formula is C22H18F3N3O. The molecule has 2 aromatic carbocycles. The van der Waals surface area contributed by atoms with Crippen LogP contribution in [-0.2, 0) is 19.1 Å². The van der Waals surface area contributed by atoms with E-state index in [1.54, 1.807) is 11.0 Å². The van der Waals surface area contributed by atoms with Crippen LogP contribution in [-0.4, -0.2) is 22.3 Å². The lowest BCUT2D eigenvalue weighted by atomic mass is 9.99. The highest BCUT2D eigenvalue weighted by Gasteiger charge is 2.33. The zero-order valence-electron chi connectivity index (χ0n) is 15.4. The van der Waals surface area contributed by atoms with E-state index in [1.165, 1.54) is 36.0 Å². The number of nitrogens with zero attached hydrogens (tertiary/aromatic N) is 2. The van der Waals surface area contributed by atoms with Crippen LogP contribution in [0.5, 0.6) is 0 Å². The van der Waals surface area contributed by atoms with Gasteiger partial charge in [0.15, 0.2) is 0 Å². The molecule has 3 aromatic rings. The van der Waals surface area contributed by atoms with Crippen LogP contribution in [0.2, 0.25) is 0 Å². The average molecular weight is 397 g/mol. The van der Waals surface area contributed by atoms with Crippen molar-refractivity contribution in [2.75, 3.05) is 11.9 Å². The van der Waals surface area contributed by atoms with Gasteiger partial charge in [-0.3, -0.25) is 4.79 Å². The molecule has 1 aliphatic rings. The number of amides is 1. The third-order valence-corrected chi connectivity index (χ3v) is 4.92. The van der Waals surface area contributed by atoms with Crippen LogP contribution in [0.25, 0.3) is 0 Å². The fourth-order valence-corrected chi connectivity index (χ4v) is 3.46. The van der Waals surface area contributed by atoms with Gasteiger partial charge in [-0.2, -0.15) is 13.2 Å². The monoisotopic (exact) mass is 397 g/mol.